The van der Waals surface area contributed by atoms with Gasteiger partial charge in [0.15, 0.2) is 0 Å². The predicted octanol–water partition coefficient (Wildman–Crippen LogP) is 3.54. The molecule has 0 unspecified atom stereocenters. The van der Waals surface area contributed by atoms with Crippen molar-refractivity contribution in [3.05, 3.63) is 59.5 Å². The maximum Gasteiger partial charge on any atom is 0.134 e. The topological polar surface area (TPSA) is 27.1 Å². The second kappa shape index (κ2) is 4.96. The van der Waals surface area contributed by atoms with Gasteiger partial charge in [-0.1, -0.05) is 12.1 Å². The van der Waals surface area contributed by atoms with Crippen LogP contribution in [0.15, 0.2) is 42.6 Å². The molecule has 0 aliphatic rings. The van der Waals surface area contributed by atoms with Gasteiger partial charge in [-0.2, -0.15) is 5.10 Å². The van der Waals surface area contributed by atoms with Crippen LogP contribution in [-0.4, -0.2) is 16.9 Å². The number of halogens is 1. The average molecular weight is 270 g/mol. The summed E-state index contributed by atoms with van der Waals surface area (Å²) >= 11 is 0. The van der Waals surface area contributed by atoms with Crippen LogP contribution in [0.1, 0.15) is 11.1 Å². The lowest BCUT2D eigenvalue weighted by atomic mass is 10.2. The van der Waals surface area contributed by atoms with Gasteiger partial charge in [-0.15, -0.1) is 0 Å². The van der Waals surface area contributed by atoms with E-state index in [4.69, 9.17) is 4.74 Å². The largest absolute Gasteiger partial charge is 0.497 e. The maximum atomic E-state index is 13.8. The summed E-state index contributed by atoms with van der Waals surface area (Å²) in [5, 5.41) is 4.98. The summed E-state index contributed by atoms with van der Waals surface area (Å²) in [5.74, 6) is 0.599. The number of methoxy groups -OCH3 is 1. The Labute approximate surface area is 116 Å². The monoisotopic (exact) mass is 270 g/mol. The van der Waals surface area contributed by atoms with Crippen LogP contribution in [-0.2, 0) is 6.54 Å². The first-order valence-electron chi connectivity index (χ1n) is 6.42. The Hall–Kier alpha value is -2.36. The van der Waals surface area contributed by atoms with E-state index in [1.54, 1.807) is 18.0 Å². The first-order chi connectivity index (χ1) is 9.65. The summed E-state index contributed by atoms with van der Waals surface area (Å²) in [6, 6.07) is 11.2. The maximum absolute atomic E-state index is 13.8. The van der Waals surface area contributed by atoms with Crippen LogP contribution in [0.4, 0.5) is 4.39 Å². The average Bonchev–Trinajstić information content (AvgIpc) is 2.82. The van der Waals surface area contributed by atoms with Crippen molar-refractivity contribution in [1.82, 2.24) is 9.78 Å². The first kappa shape index (κ1) is 12.7. The predicted molar refractivity (Wildman–Crippen MR) is 76.5 cm³/mol. The molecule has 2 aromatic carbocycles. The summed E-state index contributed by atoms with van der Waals surface area (Å²) < 4.78 is 20.7. The molecule has 3 aromatic rings. The number of ether oxygens (including phenoxy) is 1. The zero-order valence-corrected chi connectivity index (χ0v) is 11.4. The molecule has 0 saturated carbocycles. The molecule has 0 saturated heterocycles. The lowest BCUT2D eigenvalue weighted by molar-refractivity contribution is 0.414. The lowest BCUT2D eigenvalue weighted by Crippen LogP contribution is -1.99. The molecule has 3 rings (SSSR count). The smallest absolute Gasteiger partial charge is 0.134 e. The number of fused-ring (bicyclic) bond motifs is 1. The number of nitrogens with zero attached hydrogens (tertiary/aromatic N) is 2. The first-order valence-corrected chi connectivity index (χ1v) is 6.42. The second-order valence-corrected chi connectivity index (χ2v) is 4.85. The van der Waals surface area contributed by atoms with Gasteiger partial charge in [0.2, 0.25) is 0 Å². The Morgan fingerprint density at radius 1 is 1.20 bits per heavy atom. The van der Waals surface area contributed by atoms with Crippen LogP contribution in [0.3, 0.4) is 0 Å². The van der Waals surface area contributed by atoms with Gasteiger partial charge in [-0.05, 0) is 42.3 Å². The van der Waals surface area contributed by atoms with Crippen molar-refractivity contribution in [2.45, 2.75) is 13.5 Å². The van der Waals surface area contributed by atoms with E-state index >= 15 is 0 Å². The Morgan fingerprint density at radius 3 is 2.65 bits per heavy atom. The number of hydrogen-bond acceptors (Lipinski definition) is 2. The van der Waals surface area contributed by atoms with E-state index in [-0.39, 0.29) is 5.82 Å². The van der Waals surface area contributed by atoms with E-state index in [1.165, 1.54) is 6.07 Å². The molecule has 1 aromatic heterocycles. The minimum absolute atomic E-state index is 0.221. The van der Waals surface area contributed by atoms with Crippen molar-refractivity contribution in [2.75, 3.05) is 7.11 Å². The van der Waals surface area contributed by atoms with E-state index in [2.05, 4.69) is 5.10 Å². The van der Waals surface area contributed by atoms with Crippen molar-refractivity contribution >= 4 is 10.9 Å². The molecule has 0 aliphatic heterocycles. The summed E-state index contributed by atoms with van der Waals surface area (Å²) in [7, 11) is 1.64. The minimum atomic E-state index is -0.221. The summed E-state index contributed by atoms with van der Waals surface area (Å²) in [6.07, 6.45) is 1.74. The molecule has 4 heteroatoms. The summed E-state index contributed by atoms with van der Waals surface area (Å²) in [5.41, 5.74) is 2.66. The van der Waals surface area contributed by atoms with E-state index in [9.17, 15) is 4.39 Å². The fourth-order valence-corrected chi connectivity index (χ4v) is 2.26. The third-order valence-corrected chi connectivity index (χ3v) is 3.27. The van der Waals surface area contributed by atoms with Gasteiger partial charge < -0.3 is 4.74 Å². The van der Waals surface area contributed by atoms with Gasteiger partial charge in [0, 0.05) is 6.20 Å². The molecular formula is C16H15FN2O. The van der Waals surface area contributed by atoms with E-state index in [0.29, 0.717) is 17.4 Å². The third-order valence-electron chi connectivity index (χ3n) is 3.27. The minimum Gasteiger partial charge on any atom is -0.497 e. The highest BCUT2D eigenvalue weighted by Gasteiger charge is 2.07. The molecule has 0 atom stereocenters. The number of benzene rings is 2. The van der Waals surface area contributed by atoms with Crippen molar-refractivity contribution < 1.29 is 9.13 Å². The molecule has 20 heavy (non-hydrogen) atoms. The van der Waals surface area contributed by atoms with Crippen LogP contribution in [0, 0.1) is 12.7 Å². The molecule has 0 radical (unpaired) electrons. The standard InChI is InChI=1S/C16H15FN2O/c1-11-7-15(17)14-10-19(18-16(14)8-11)9-12-3-5-13(20-2)6-4-12/h3-8,10H,9H2,1-2H3. The van der Waals surface area contributed by atoms with Crippen LogP contribution in [0.25, 0.3) is 10.9 Å². The quantitative estimate of drug-likeness (QED) is 0.728. The molecule has 0 amide bonds. The molecule has 0 aliphatic carbocycles. The number of hydrogen-bond donors (Lipinski definition) is 0. The molecule has 0 bridgehead atoms. The van der Waals surface area contributed by atoms with Crippen LogP contribution < -0.4 is 4.74 Å². The van der Waals surface area contributed by atoms with Crippen LogP contribution in [0.2, 0.25) is 0 Å². The van der Waals surface area contributed by atoms with Crippen molar-refractivity contribution in [3.63, 3.8) is 0 Å². The third kappa shape index (κ3) is 2.37. The van der Waals surface area contributed by atoms with Gasteiger partial charge in [-0.3, -0.25) is 4.68 Å². The van der Waals surface area contributed by atoms with Crippen molar-refractivity contribution in [2.24, 2.45) is 0 Å². The number of aryl methyl sites for hydroxylation is 1. The fraction of sp³-hybridized carbons (Fsp3) is 0.188. The molecule has 0 spiro atoms. The van der Waals surface area contributed by atoms with Crippen LogP contribution in [0.5, 0.6) is 5.75 Å². The van der Waals surface area contributed by atoms with Gasteiger partial charge in [0.05, 0.1) is 24.6 Å². The fourth-order valence-electron chi connectivity index (χ4n) is 2.26. The Bertz CT molecular complexity index is 747. The summed E-state index contributed by atoms with van der Waals surface area (Å²) in [4.78, 5) is 0. The molecular weight excluding hydrogens is 255 g/mol. The number of rotatable bonds is 3. The Kier molecular flexibility index (Phi) is 3.14. The SMILES string of the molecule is COc1ccc(Cn2cc3c(F)cc(C)cc3n2)cc1. The summed E-state index contributed by atoms with van der Waals surface area (Å²) in [6.45, 7) is 2.47. The van der Waals surface area contributed by atoms with Crippen molar-refractivity contribution in [1.29, 1.82) is 0 Å². The Morgan fingerprint density at radius 2 is 1.95 bits per heavy atom. The number of aromatic nitrogens is 2. The normalized spacial score (nSPS) is 10.9. The van der Waals surface area contributed by atoms with E-state index < -0.39 is 0 Å². The van der Waals surface area contributed by atoms with E-state index in [0.717, 1.165) is 16.9 Å². The van der Waals surface area contributed by atoms with E-state index in [1.807, 2.05) is 37.3 Å². The van der Waals surface area contributed by atoms with Gasteiger partial charge in [0.1, 0.15) is 11.6 Å². The lowest BCUT2D eigenvalue weighted by Gasteiger charge is -2.03. The second-order valence-electron chi connectivity index (χ2n) is 4.85. The van der Waals surface area contributed by atoms with Crippen LogP contribution >= 0.6 is 0 Å². The Balaban J connectivity index is 1.92. The highest BCUT2D eigenvalue weighted by molar-refractivity contribution is 5.79. The molecule has 0 fully saturated rings. The zero-order valence-electron chi connectivity index (χ0n) is 11.4. The molecule has 3 nitrogen and oxygen atoms in total. The molecule has 1 heterocycles. The van der Waals surface area contributed by atoms with Gasteiger partial charge in [0.25, 0.3) is 0 Å². The highest BCUT2D eigenvalue weighted by atomic mass is 19.1. The van der Waals surface area contributed by atoms with Gasteiger partial charge in [-0.25, -0.2) is 4.39 Å². The molecule has 0 N–H and O–H groups in total. The van der Waals surface area contributed by atoms with Crippen molar-refractivity contribution in [3.8, 4) is 5.75 Å². The zero-order chi connectivity index (χ0) is 14.1. The highest BCUT2D eigenvalue weighted by Crippen LogP contribution is 2.19. The molecule has 102 valence electrons. The van der Waals surface area contributed by atoms with Gasteiger partial charge >= 0.3 is 0 Å².